The van der Waals surface area contributed by atoms with Crippen LogP contribution < -0.4 is 0 Å². The number of aromatic nitrogens is 4. The number of hydrogen-bond donors (Lipinski definition) is 0. The zero-order valence-electron chi connectivity index (χ0n) is 33.6. The van der Waals surface area contributed by atoms with E-state index < -0.39 is 0 Å². The Morgan fingerprint density at radius 3 is 1.84 bits per heavy atom. The molecule has 0 aliphatic rings. The molecule has 0 unspecified atom stereocenters. The summed E-state index contributed by atoms with van der Waals surface area (Å²) in [6, 6.07) is 69.1. The van der Waals surface area contributed by atoms with E-state index in [1.54, 1.807) is 11.3 Å². The lowest BCUT2D eigenvalue weighted by Crippen LogP contribution is -2.00. The molecule has 14 rings (SSSR count). The van der Waals surface area contributed by atoms with Crippen LogP contribution in [0.15, 0.2) is 199 Å². The van der Waals surface area contributed by atoms with Crippen LogP contribution in [-0.2, 0) is 0 Å². The van der Waals surface area contributed by atoms with E-state index in [0.717, 1.165) is 76.9 Å². The van der Waals surface area contributed by atoms with Crippen LogP contribution in [0, 0.1) is 0 Å². The molecule has 0 fully saturated rings. The van der Waals surface area contributed by atoms with Crippen molar-refractivity contribution in [3.05, 3.63) is 194 Å². The highest BCUT2D eigenvalue weighted by molar-refractivity contribution is 7.25. The minimum Gasteiger partial charge on any atom is -0.456 e. The largest absolute Gasteiger partial charge is 0.456 e. The van der Waals surface area contributed by atoms with Crippen molar-refractivity contribution in [1.82, 2.24) is 19.5 Å². The molecule has 14 aromatic rings. The van der Waals surface area contributed by atoms with Gasteiger partial charge < -0.3 is 8.98 Å². The zero-order valence-corrected chi connectivity index (χ0v) is 34.4. The highest BCUT2D eigenvalue weighted by Crippen LogP contribution is 2.44. The van der Waals surface area contributed by atoms with Crippen LogP contribution in [0.2, 0.25) is 0 Å². The van der Waals surface area contributed by atoms with Gasteiger partial charge in [0, 0.05) is 69.9 Å². The molecule has 63 heavy (non-hydrogen) atoms. The molecule has 0 saturated heterocycles. The van der Waals surface area contributed by atoms with Gasteiger partial charge in [-0.1, -0.05) is 140 Å². The molecule has 5 nitrogen and oxygen atoms in total. The van der Waals surface area contributed by atoms with E-state index in [1.165, 1.54) is 41.7 Å². The Balaban J connectivity index is 0.993. The summed E-state index contributed by atoms with van der Waals surface area (Å²) in [6.45, 7) is 0. The minimum absolute atomic E-state index is 0.588. The Morgan fingerprint density at radius 1 is 0.365 bits per heavy atom. The number of hydrogen-bond acceptors (Lipinski definition) is 5. The number of nitrogens with zero attached hydrogens (tertiary/aromatic N) is 4. The second-order valence-corrected chi connectivity index (χ2v) is 17.4. The maximum atomic E-state index is 6.95. The van der Waals surface area contributed by atoms with Gasteiger partial charge in [0.15, 0.2) is 17.5 Å². The average Bonchev–Trinajstić information content (AvgIpc) is 4.02. The molecule has 292 valence electrons. The second kappa shape index (κ2) is 13.2. The van der Waals surface area contributed by atoms with Gasteiger partial charge in [-0.15, -0.1) is 11.3 Å². The van der Waals surface area contributed by atoms with Gasteiger partial charge in [0.25, 0.3) is 0 Å². The van der Waals surface area contributed by atoms with Crippen molar-refractivity contribution < 1.29 is 4.42 Å². The fourth-order valence-corrected chi connectivity index (χ4v) is 11.0. The van der Waals surface area contributed by atoms with Crippen LogP contribution in [0.4, 0.5) is 0 Å². The van der Waals surface area contributed by atoms with Crippen molar-refractivity contribution in [1.29, 1.82) is 0 Å². The van der Waals surface area contributed by atoms with Gasteiger partial charge in [0.2, 0.25) is 0 Å². The molecule has 0 aliphatic carbocycles. The first-order valence-corrected chi connectivity index (χ1v) is 22.0. The number of thiophene rings is 1. The second-order valence-electron chi connectivity index (χ2n) is 16.3. The summed E-state index contributed by atoms with van der Waals surface area (Å²) in [5.41, 5.74) is 7.77. The van der Waals surface area contributed by atoms with Crippen LogP contribution in [0.1, 0.15) is 0 Å². The van der Waals surface area contributed by atoms with Crippen molar-refractivity contribution in [2.45, 2.75) is 0 Å². The van der Waals surface area contributed by atoms with E-state index in [1.807, 2.05) is 0 Å². The summed E-state index contributed by atoms with van der Waals surface area (Å²) < 4.78 is 11.8. The van der Waals surface area contributed by atoms with E-state index in [2.05, 4.69) is 199 Å². The highest BCUT2D eigenvalue weighted by atomic mass is 32.1. The number of benzene rings is 10. The van der Waals surface area contributed by atoms with Crippen molar-refractivity contribution in [2.75, 3.05) is 0 Å². The van der Waals surface area contributed by atoms with Gasteiger partial charge in [0.1, 0.15) is 11.2 Å². The van der Waals surface area contributed by atoms with Gasteiger partial charge in [-0.25, -0.2) is 15.0 Å². The standard InChI is InChI=1S/C57H32N4OS/c1-2-13-34-28-37(25-24-33(34)12-1)55-58-56(60-57(59-55)44-20-11-23-52-54(44)43-19-8-10-22-51(43)63-52)38-26-27-42-49(31-38)62-50-32-48(39-16-5-6-18-41(39)53(42)50)61-46-21-9-7-17-40(46)45-29-35-14-3-4-15-36(35)30-47(45)61/h1-32H. The molecule has 0 saturated carbocycles. The summed E-state index contributed by atoms with van der Waals surface area (Å²) in [5, 5.41) is 14.0. The summed E-state index contributed by atoms with van der Waals surface area (Å²) in [7, 11) is 0. The maximum absolute atomic E-state index is 6.95. The predicted octanol–water partition coefficient (Wildman–Crippen LogP) is 15.7. The molecule has 0 bridgehead atoms. The Hall–Kier alpha value is -8.19. The third kappa shape index (κ3) is 5.19. The van der Waals surface area contributed by atoms with Crippen molar-refractivity contribution in [3.8, 4) is 39.9 Å². The summed E-state index contributed by atoms with van der Waals surface area (Å²) in [5.74, 6) is 1.85. The number of para-hydroxylation sites is 1. The fourth-order valence-electron chi connectivity index (χ4n) is 9.90. The Labute approximate surface area is 363 Å². The van der Waals surface area contributed by atoms with Crippen molar-refractivity contribution in [3.63, 3.8) is 0 Å². The molecule has 0 amide bonds. The zero-order chi connectivity index (χ0) is 41.2. The van der Waals surface area contributed by atoms with Crippen LogP contribution >= 0.6 is 11.3 Å². The Bertz CT molecular complexity index is 4230. The molecule has 0 aliphatic heterocycles. The molecule has 4 aromatic heterocycles. The first-order valence-electron chi connectivity index (χ1n) is 21.2. The third-order valence-electron chi connectivity index (χ3n) is 12.8. The highest BCUT2D eigenvalue weighted by Gasteiger charge is 2.21. The minimum atomic E-state index is 0.588. The first-order chi connectivity index (χ1) is 31.2. The van der Waals surface area contributed by atoms with Gasteiger partial charge >= 0.3 is 0 Å². The summed E-state index contributed by atoms with van der Waals surface area (Å²) >= 11 is 1.79. The summed E-state index contributed by atoms with van der Waals surface area (Å²) in [6.07, 6.45) is 0. The Morgan fingerprint density at radius 2 is 1.00 bits per heavy atom. The van der Waals surface area contributed by atoms with Crippen LogP contribution in [0.3, 0.4) is 0 Å². The van der Waals surface area contributed by atoms with Crippen molar-refractivity contribution >= 4 is 108 Å². The first kappa shape index (κ1) is 34.5. The fraction of sp³-hybridized carbons (Fsp3) is 0. The molecule has 4 heterocycles. The molecular formula is C57H32N4OS. The monoisotopic (exact) mass is 820 g/mol. The van der Waals surface area contributed by atoms with Gasteiger partial charge in [0.05, 0.1) is 16.7 Å². The normalized spacial score (nSPS) is 12.1. The van der Waals surface area contributed by atoms with Crippen molar-refractivity contribution in [2.24, 2.45) is 0 Å². The van der Waals surface area contributed by atoms with Gasteiger partial charge in [-0.2, -0.15) is 0 Å². The van der Waals surface area contributed by atoms with E-state index in [0.29, 0.717) is 17.5 Å². The van der Waals surface area contributed by atoms with E-state index >= 15 is 0 Å². The van der Waals surface area contributed by atoms with Crippen LogP contribution in [0.25, 0.3) is 136 Å². The van der Waals surface area contributed by atoms with Crippen LogP contribution in [-0.4, -0.2) is 19.5 Å². The van der Waals surface area contributed by atoms with E-state index in [-0.39, 0.29) is 0 Å². The number of fused-ring (bicyclic) bond motifs is 13. The lowest BCUT2D eigenvalue weighted by molar-refractivity contribution is 0.669. The molecule has 10 aromatic carbocycles. The molecule has 0 radical (unpaired) electrons. The summed E-state index contributed by atoms with van der Waals surface area (Å²) in [4.78, 5) is 15.7. The smallest absolute Gasteiger partial charge is 0.164 e. The molecule has 0 N–H and O–H groups in total. The Kier molecular flexibility index (Phi) is 7.21. The van der Waals surface area contributed by atoms with Crippen LogP contribution in [0.5, 0.6) is 0 Å². The molecule has 0 spiro atoms. The van der Waals surface area contributed by atoms with E-state index in [9.17, 15) is 0 Å². The molecule has 6 heteroatoms. The maximum Gasteiger partial charge on any atom is 0.164 e. The average molecular weight is 821 g/mol. The van der Waals surface area contributed by atoms with Gasteiger partial charge in [-0.05, 0) is 75.5 Å². The molecule has 0 atom stereocenters. The lowest BCUT2D eigenvalue weighted by atomic mass is 10.0. The topological polar surface area (TPSA) is 56.7 Å². The number of furan rings is 1. The quantitative estimate of drug-likeness (QED) is 0.177. The SMILES string of the molecule is c1ccc2cc(-c3nc(-c4ccc5c(c4)oc4cc(-n6c7ccccc7c7cc8ccccc8cc76)c6ccccc6c45)nc(-c4cccc5sc6ccccc6c45)n3)ccc2c1. The number of rotatable bonds is 4. The predicted molar refractivity (Wildman–Crippen MR) is 263 cm³/mol. The molecular weight excluding hydrogens is 789 g/mol. The van der Waals surface area contributed by atoms with Gasteiger partial charge in [-0.3, -0.25) is 0 Å². The third-order valence-corrected chi connectivity index (χ3v) is 13.9. The lowest BCUT2D eigenvalue weighted by Gasteiger charge is -2.13. The van der Waals surface area contributed by atoms with E-state index in [4.69, 9.17) is 19.4 Å².